The van der Waals surface area contributed by atoms with Crippen LogP contribution in [0.5, 0.6) is 0 Å². The molecule has 2 saturated heterocycles. The average molecular weight is 417 g/mol. The minimum atomic E-state index is -0.687. The van der Waals surface area contributed by atoms with Crippen molar-refractivity contribution in [2.75, 3.05) is 25.0 Å². The second kappa shape index (κ2) is 7.70. The van der Waals surface area contributed by atoms with Gasteiger partial charge in [0, 0.05) is 25.8 Å². The standard InChI is InChI=1S/C26H32N4O/c1-26(21-7-6-8-22(17-21)30-15-4-3-5-16-30)23(24(31)29(2)25(27)28-26)20-13-11-19(12-14-20)18-9-10-18/h6-8,11-14,17-18,23H,3-5,9-10,15-16H2,1-2H3,(H2,27,28)/t23-,26-/m1/s1. The molecule has 5 nitrogen and oxygen atoms in total. The molecule has 31 heavy (non-hydrogen) atoms. The van der Waals surface area contributed by atoms with Crippen molar-refractivity contribution < 1.29 is 4.79 Å². The van der Waals surface area contributed by atoms with Gasteiger partial charge in [-0.25, -0.2) is 0 Å². The van der Waals surface area contributed by atoms with Gasteiger partial charge < -0.3 is 10.2 Å². The van der Waals surface area contributed by atoms with Gasteiger partial charge in [0.1, 0.15) is 0 Å². The maximum absolute atomic E-state index is 13.5. The molecule has 2 N–H and O–H groups in total. The zero-order chi connectivity index (χ0) is 21.6. The van der Waals surface area contributed by atoms with E-state index in [1.54, 1.807) is 7.05 Å². The van der Waals surface area contributed by atoms with Crippen molar-refractivity contribution in [1.29, 1.82) is 5.41 Å². The maximum atomic E-state index is 13.5. The van der Waals surface area contributed by atoms with Gasteiger partial charge in [-0.3, -0.25) is 15.1 Å². The minimum absolute atomic E-state index is 0.0335. The summed E-state index contributed by atoms with van der Waals surface area (Å²) in [6.45, 7) is 4.23. The Kier molecular flexibility index (Phi) is 4.99. The number of likely N-dealkylation sites (N-methyl/N-ethyl adjacent to an activating group) is 1. The van der Waals surface area contributed by atoms with Crippen LogP contribution in [0.1, 0.15) is 67.6 Å². The van der Waals surface area contributed by atoms with Crippen LogP contribution in [0.3, 0.4) is 0 Å². The number of carbonyl (C=O) groups is 1. The third-order valence-electron chi connectivity index (χ3n) is 7.35. The third kappa shape index (κ3) is 3.60. The molecule has 0 aromatic heterocycles. The zero-order valence-electron chi connectivity index (χ0n) is 18.5. The van der Waals surface area contributed by atoms with Crippen LogP contribution in [-0.4, -0.2) is 36.9 Å². The third-order valence-corrected chi connectivity index (χ3v) is 7.35. The quantitative estimate of drug-likeness (QED) is 0.769. The molecular weight excluding hydrogens is 384 g/mol. The number of nitrogens with zero attached hydrogens (tertiary/aromatic N) is 2. The van der Waals surface area contributed by atoms with Crippen LogP contribution in [0.15, 0.2) is 48.5 Å². The lowest BCUT2D eigenvalue weighted by molar-refractivity contribution is -0.131. The monoisotopic (exact) mass is 416 g/mol. The molecule has 0 radical (unpaired) electrons. The lowest BCUT2D eigenvalue weighted by atomic mass is 9.73. The van der Waals surface area contributed by atoms with Crippen molar-refractivity contribution in [1.82, 2.24) is 10.2 Å². The molecule has 2 aromatic rings. The van der Waals surface area contributed by atoms with Crippen molar-refractivity contribution in [2.24, 2.45) is 0 Å². The van der Waals surface area contributed by atoms with Gasteiger partial charge in [-0.1, -0.05) is 36.4 Å². The predicted molar refractivity (Wildman–Crippen MR) is 125 cm³/mol. The fourth-order valence-electron chi connectivity index (χ4n) is 5.22. The van der Waals surface area contributed by atoms with Crippen molar-refractivity contribution in [2.45, 2.75) is 56.4 Å². The Morgan fingerprint density at radius 2 is 1.68 bits per heavy atom. The number of guanidine groups is 1. The number of hydrogen-bond acceptors (Lipinski definition) is 3. The lowest BCUT2D eigenvalue weighted by Crippen LogP contribution is -2.62. The molecule has 2 aromatic carbocycles. The number of amides is 1. The van der Waals surface area contributed by atoms with E-state index in [1.165, 1.54) is 48.3 Å². The summed E-state index contributed by atoms with van der Waals surface area (Å²) in [4.78, 5) is 17.4. The van der Waals surface area contributed by atoms with Crippen LogP contribution in [0, 0.1) is 5.41 Å². The highest BCUT2D eigenvalue weighted by Crippen LogP contribution is 2.44. The fraction of sp³-hybridized carbons (Fsp3) is 0.462. The van der Waals surface area contributed by atoms with Gasteiger partial charge in [-0.2, -0.15) is 0 Å². The summed E-state index contributed by atoms with van der Waals surface area (Å²) < 4.78 is 0. The Morgan fingerprint density at radius 1 is 1.00 bits per heavy atom. The van der Waals surface area contributed by atoms with Crippen molar-refractivity contribution in [3.63, 3.8) is 0 Å². The molecule has 3 aliphatic rings. The minimum Gasteiger partial charge on any atom is -0.372 e. The number of hydrogen-bond donors (Lipinski definition) is 2. The largest absolute Gasteiger partial charge is 0.372 e. The highest BCUT2D eigenvalue weighted by atomic mass is 16.2. The number of nitrogens with one attached hydrogen (secondary N) is 2. The van der Waals surface area contributed by atoms with Gasteiger partial charge in [-0.15, -0.1) is 0 Å². The smallest absolute Gasteiger partial charge is 0.239 e. The molecule has 2 aliphatic heterocycles. The SMILES string of the molecule is CN1C(=N)N[C@](C)(c2cccc(N3CCCCC3)c2)[C@H](c2ccc(C3CC3)cc2)C1=O. The second-order valence-corrected chi connectivity index (χ2v) is 9.55. The van der Waals surface area contributed by atoms with Crippen molar-refractivity contribution in [3.8, 4) is 0 Å². The molecule has 1 amide bonds. The molecule has 0 unspecified atom stereocenters. The molecule has 5 rings (SSSR count). The van der Waals surface area contributed by atoms with E-state index in [4.69, 9.17) is 5.41 Å². The molecule has 2 heterocycles. The van der Waals surface area contributed by atoms with Crippen LogP contribution in [0.4, 0.5) is 5.69 Å². The van der Waals surface area contributed by atoms with Crippen LogP contribution < -0.4 is 10.2 Å². The summed E-state index contributed by atoms with van der Waals surface area (Å²) >= 11 is 0. The van der Waals surface area contributed by atoms with E-state index in [-0.39, 0.29) is 11.9 Å². The Labute approximate surface area is 184 Å². The molecule has 1 aliphatic carbocycles. The Hall–Kier alpha value is -2.82. The van der Waals surface area contributed by atoms with Crippen LogP contribution in [0.2, 0.25) is 0 Å². The molecule has 162 valence electrons. The van der Waals surface area contributed by atoms with E-state index >= 15 is 0 Å². The molecular formula is C26H32N4O. The average Bonchev–Trinajstić information content (AvgIpc) is 3.64. The predicted octanol–water partition coefficient (Wildman–Crippen LogP) is 4.55. The molecule has 3 fully saturated rings. The van der Waals surface area contributed by atoms with Gasteiger partial charge in [0.15, 0.2) is 5.96 Å². The number of anilines is 1. The molecule has 5 heteroatoms. The highest BCUT2D eigenvalue weighted by Gasteiger charge is 2.48. The summed E-state index contributed by atoms with van der Waals surface area (Å²) in [7, 11) is 1.69. The van der Waals surface area contributed by atoms with Gasteiger partial charge in [0.05, 0.1) is 11.5 Å². The van der Waals surface area contributed by atoms with E-state index in [0.717, 1.165) is 24.2 Å². The lowest BCUT2D eigenvalue weighted by Gasteiger charge is -2.46. The second-order valence-electron chi connectivity index (χ2n) is 9.55. The van der Waals surface area contributed by atoms with E-state index in [1.807, 2.05) is 0 Å². The van der Waals surface area contributed by atoms with Crippen LogP contribution >= 0.6 is 0 Å². The normalized spacial score (nSPS) is 26.7. The van der Waals surface area contributed by atoms with Crippen molar-refractivity contribution in [3.05, 3.63) is 65.2 Å². The zero-order valence-corrected chi connectivity index (χ0v) is 18.5. The van der Waals surface area contributed by atoms with Crippen LogP contribution in [0.25, 0.3) is 0 Å². The first-order valence-electron chi connectivity index (χ1n) is 11.6. The van der Waals surface area contributed by atoms with E-state index in [2.05, 4.69) is 65.7 Å². The number of piperidine rings is 1. The number of rotatable bonds is 4. The van der Waals surface area contributed by atoms with Gasteiger partial charge in [0.2, 0.25) is 5.91 Å². The Balaban J connectivity index is 1.54. The van der Waals surface area contributed by atoms with Crippen LogP contribution in [-0.2, 0) is 10.3 Å². The van der Waals surface area contributed by atoms with Gasteiger partial charge in [-0.05, 0) is 73.8 Å². The summed E-state index contributed by atoms with van der Waals surface area (Å²) in [5, 5.41) is 11.8. The first kappa shape index (κ1) is 20.1. The van der Waals surface area contributed by atoms with Crippen molar-refractivity contribution >= 4 is 17.6 Å². The maximum Gasteiger partial charge on any atom is 0.239 e. The number of carbonyl (C=O) groups excluding carboxylic acids is 1. The van der Waals surface area contributed by atoms with Gasteiger partial charge in [0.25, 0.3) is 0 Å². The topological polar surface area (TPSA) is 59.4 Å². The summed E-state index contributed by atoms with van der Waals surface area (Å²) in [5.41, 5.74) is 3.95. The summed E-state index contributed by atoms with van der Waals surface area (Å²) in [6, 6.07) is 17.2. The Bertz CT molecular complexity index is 991. The molecule has 0 spiro atoms. The molecule has 0 bridgehead atoms. The van der Waals surface area contributed by atoms with E-state index in [9.17, 15) is 4.79 Å². The highest BCUT2D eigenvalue weighted by molar-refractivity contribution is 6.02. The fourth-order valence-corrected chi connectivity index (χ4v) is 5.22. The first-order valence-corrected chi connectivity index (χ1v) is 11.6. The molecule has 1 saturated carbocycles. The summed E-state index contributed by atoms with van der Waals surface area (Å²) in [6.07, 6.45) is 6.29. The molecule has 2 atom stereocenters. The van der Waals surface area contributed by atoms with E-state index in [0.29, 0.717) is 5.92 Å². The van der Waals surface area contributed by atoms with E-state index < -0.39 is 11.5 Å². The summed E-state index contributed by atoms with van der Waals surface area (Å²) in [5.74, 6) is 0.421. The Morgan fingerprint density at radius 3 is 2.35 bits per heavy atom. The van der Waals surface area contributed by atoms with Gasteiger partial charge >= 0.3 is 0 Å². The first-order chi connectivity index (χ1) is 15.0. The number of benzene rings is 2.